The van der Waals surface area contributed by atoms with Gasteiger partial charge < -0.3 is 20.6 Å². The second-order valence-electron chi connectivity index (χ2n) is 1.87. The summed E-state index contributed by atoms with van der Waals surface area (Å²) < 4.78 is 0. The zero-order valence-electron chi connectivity index (χ0n) is 5.82. The summed E-state index contributed by atoms with van der Waals surface area (Å²) in [4.78, 5) is 0. The molecule has 0 spiro atoms. The van der Waals surface area contributed by atoms with Crippen LogP contribution in [0.3, 0.4) is 0 Å². The van der Waals surface area contributed by atoms with E-state index in [1.54, 1.807) is 7.05 Å². The molecule has 0 rings (SSSR count). The summed E-state index contributed by atoms with van der Waals surface area (Å²) in [6, 6.07) is 0. The Morgan fingerprint density at radius 3 is 2.10 bits per heavy atom. The molecule has 64 valence electrons. The van der Waals surface area contributed by atoms with Crippen molar-refractivity contribution in [3.63, 3.8) is 0 Å². The molecule has 2 atom stereocenters. The third-order valence-corrected chi connectivity index (χ3v) is 1.04. The van der Waals surface area contributed by atoms with Gasteiger partial charge >= 0.3 is 0 Å². The predicted octanol–water partition coefficient (Wildman–Crippen LogP) is -1.66. The van der Waals surface area contributed by atoms with Gasteiger partial charge in [0.2, 0.25) is 0 Å². The Labute approximate surface area is 66.3 Å². The Morgan fingerprint density at radius 2 is 1.80 bits per heavy atom. The Balaban J connectivity index is 0. The topological polar surface area (TPSA) is 72.7 Å². The molecular weight excluding hydrogens is 158 g/mol. The van der Waals surface area contributed by atoms with Gasteiger partial charge in [0.05, 0.1) is 12.7 Å². The lowest BCUT2D eigenvalue weighted by atomic mass is 10.2. The lowest BCUT2D eigenvalue weighted by Crippen LogP contribution is -2.36. The first kappa shape index (κ1) is 12.8. The molecule has 0 aliphatic carbocycles. The van der Waals surface area contributed by atoms with Crippen LogP contribution >= 0.6 is 12.4 Å². The van der Waals surface area contributed by atoms with Crippen molar-refractivity contribution in [3.8, 4) is 0 Å². The highest BCUT2D eigenvalue weighted by molar-refractivity contribution is 5.85. The van der Waals surface area contributed by atoms with Crippen molar-refractivity contribution < 1.29 is 15.3 Å². The van der Waals surface area contributed by atoms with Crippen LogP contribution in [0.25, 0.3) is 0 Å². The molecule has 0 aromatic heterocycles. The van der Waals surface area contributed by atoms with Gasteiger partial charge in [-0.15, -0.1) is 12.4 Å². The minimum absolute atomic E-state index is 0. The average molecular weight is 172 g/mol. The summed E-state index contributed by atoms with van der Waals surface area (Å²) >= 11 is 0. The highest BCUT2D eigenvalue weighted by atomic mass is 35.5. The molecule has 0 fully saturated rings. The van der Waals surface area contributed by atoms with Gasteiger partial charge in [-0.25, -0.2) is 0 Å². The fourth-order valence-corrected chi connectivity index (χ4v) is 0.467. The molecule has 5 heteroatoms. The minimum Gasteiger partial charge on any atom is -0.394 e. The third-order valence-electron chi connectivity index (χ3n) is 1.04. The van der Waals surface area contributed by atoms with E-state index in [0.717, 1.165) is 0 Å². The molecule has 0 aliphatic heterocycles. The number of nitrogens with one attached hydrogen (secondary N) is 1. The van der Waals surface area contributed by atoms with E-state index in [9.17, 15) is 0 Å². The van der Waals surface area contributed by atoms with E-state index in [1.165, 1.54) is 0 Å². The molecule has 0 aliphatic rings. The smallest absolute Gasteiger partial charge is 0.104 e. The predicted molar refractivity (Wildman–Crippen MR) is 40.3 cm³/mol. The average Bonchev–Trinajstić information content (AvgIpc) is 1.87. The zero-order valence-corrected chi connectivity index (χ0v) is 6.64. The first-order chi connectivity index (χ1) is 4.22. The van der Waals surface area contributed by atoms with Gasteiger partial charge in [-0.2, -0.15) is 0 Å². The number of aliphatic hydroxyl groups excluding tert-OH is 3. The van der Waals surface area contributed by atoms with E-state index in [0.29, 0.717) is 6.54 Å². The highest BCUT2D eigenvalue weighted by Crippen LogP contribution is 1.88. The quantitative estimate of drug-likeness (QED) is 0.409. The number of rotatable bonds is 4. The molecule has 0 aromatic carbocycles. The summed E-state index contributed by atoms with van der Waals surface area (Å²) in [5.74, 6) is 0. The van der Waals surface area contributed by atoms with Gasteiger partial charge in [0.1, 0.15) is 6.10 Å². The minimum atomic E-state index is -1.03. The first-order valence-corrected chi connectivity index (χ1v) is 2.84. The largest absolute Gasteiger partial charge is 0.394 e. The van der Waals surface area contributed by atoms with Crippen LogP contribution in [0.5, 0.6) is 0 Å². The van der Waals surface area contributed by atoms with Crippen molar-refractivity contribution >= 4 is 12.4 Å². The van der Waals surface area contributed by atoms with E-state index in [4.69, 9.17) is 15.3 Å². The summed E-state index contributed by atoms with van der Waals surface area (Å²) in [6.07, 6.45) is -1.91. The van der Waals surface area contributed by atoms with Crippen LogP contribution in [0.2, 0.25) is 0 Å². The van der Waals surface area contributed by atoms with Crippen LogP contribution in [-0.2, 0) is 0 Å². The van der Waals surface area contributed by atoms with Crippen molar-refractivity contribution in [2.24, 2.45) is 0 Å². The number of aliphatic hydroxyl groups is 3. The molecule has 4 nitrogen and oxygen atoms in total. The van der Waals surface area contributed by atoms with Gasteiger partial charge in [0.25, 0.3) is 0 Å². The molecule has 0 radical (unpaired) electrons. The van der Waals surface area contributed by atoms with E-state index >= 15 is 0 Å². The summed E-state index contributed by atoms with van der Waals surface area (Å²) in [6.45, 7) is -0.107. The Bertz CT molecular complexity index is 73.9. The molecule has 4 N–H and O–H groups in total. The molecule has 0 saturated carbocycles. The highest BCUT2D eigenvalue weighted by Gasteiger charge is 2.12. The standard InChI is InChI=1S/C5H13NO3.ClH/c1-6-2-4(8)5(9)3-7;/h4-9H,2-3H2,1H3;1H/t4-,5+;/m1./s1. The molecule has 0 heterocycles. The van der Waals surface area contributed by atoms with Gasteiger partial charge in [0.15, 0.2) is 0 Å². The maximum atomic E-state index is 8.85. The molecule has 10 heavy (non-hydrogen) atoms. The van der Waals surface area contributed by atoms with Gasteiger partial charge in [-0.3, -0.25) is 0 Å². The SMILES string of the molecule is CNC[C@@H](O)[C@@H](O)CO.Cl. The normalized spacial score (nSPS) is 15.6. The van der Waals surface area contributed by atoms with E-state index in [1.807, 2.05) is 0 Å². The van der Waals surface area contributed by atoms with E-state index < -0.39 is 18.8 Å². The first-order valence-electron chi connectivity index (χ1n) is 2.84. The van der Waals surface area contributed by atoms with Gasteiger partial charge in [-0.1, -0.05) is 0 Å². The van der Waals surface area contributed by atoms with Crippen LogP contribution in [0, 0.1) is 0 Å². The van der Waals surface area contributed by atoms with Gasteiger partial charge in [-0.05, 0) is 7.05 Å². The maximum Gasteiger partial charge on any atom is 0.104 e. The van der Waals surface area contributed by atoms with Crippen molar-refractivity contribution in [2.45, 2.75) is 12.2 Å². The molecule has 0 unspecified atom stereocenters. The number of hydrogen-bond donors (Lipinski definition) is 4. The molecule has 0 bridgehead atoms. The van der Waals surface area contributed by atoms with Crippen LogP contribution in [0.1, 0.15) is 0 Å². The number of hydrogen-bond acceptors (Lipinski definition) is 4. The Kier molecular flexibility index (Phi) is 9.25. The van der Waals surface area contributed by atoms with E-state index in [-0.39, 0.29) is 12.4 Å². The van der Waals surface area contributed by atoms with Crippen molar-refractivity contribution in [1.82, 2.24) is 5.32 Å². The summed E-state index contributed by atoms with van der Waals surface area (Å²) in [7, 11) is 1.66. The fraction of sp³-hybridized carbons (Fsp3) is 1.00. The molecule has 0 aromatic rings. The number of halogens is 1. The van der Waals surface area contributed by atoms with Gasteiger partial charge in [0, 0.05) is 6.54 Å². The Morgan fingerprint density at radius 1 is 1.30 bits per heavy atom. The van der Waals surface area contributed by atoms with Crippen molar-refractivity contribution in [2.75, 3.05) is 20.2 Å². The second-order valence-corrected chi connectivity index (χ2v) is 1.87. The lowest BCUT2D eigenvalue weighted by molar-refractivity contribution is -0.0120. The maximum absolute atomic E-state index is 8.85. The molecule has 0 amide bonds. The molecular formula is C5H14ClNO3. The number of likely N-dealkylation sites (N-methyl/N-ethyl adjacent to an activating group) is 1. The van der Waals surface area contributed by atoms with Crippen LogP contribution in [0.15, 0.2) is 0 Å². The summed E-state index contributed by atoms with van der Waals surface area (Å²) in [5, 5.41) is 28.5. The Hall–Kier alpha value is 0.130. The van der Waals surface area contributed by atoms with Crippen LogP contribution < -0.4 is 5.32 Å². The van der Waals surface area contributed by atoms with E-state index in [2.05, 4.69) is 5.32 Å². The van der Waals surface area contributed by atoms with Crippen molar-refractivity contribution in [3.05, 3.63) is 0 Å². The fourth-order valence-electron chi connectivity index (χ4n) is 0.467. The monoisotopic (exact) mass is 171 g/mol. The second kappa shape index (κ2) is 7.24. The summed E-state index contributed by atoms with van der Waals surface area (Å²) in [5.41, 5.74) is 0. The zero-order chi connectivity index (χ0) is 7.28. The van der Waals surface area contributed by atoms with Crippen LogP contribution in [-0.4, -0.2) is 47.7 Å². The van der Waals surface area contributed by atoms with Crippen LogP contribution in [0.4, 0.5) is 0 Å². The van der Waals surface area contributed by atoms with Crippen molar-refractivity contribution in [1.29, 1.82) is 0 Å². The lowest BCUT2D eigenvalue weighted by Gasteiger charge is -2.13. The molecule has 0 saturated heterocycles. The third kappa shape index (κ3) is 4.96.